The number of carbonyl (C=O) groups excluding carboxylic acids is 1. The number of carboxylic acids is 1. The summed E-state index contributed by atoms with van der Waals surface area (Å²) in [6.45, 7) is 4.18. The number of nitrogens with one attached hydrogen (secondary N) is 1. The van der Waals surface area contributed by atoms with Crippen molar-refractivity contribution in [2.24, 2.45) is 0 Å². The Morgan fingerprint density at radius 1 is 1.10 bits per heavy atom. The van der Waals surface area contributed by atoms with Gasteiger partial charge in [-0.05, 0) is 71.6 Å². The number of hydrogen-bond donors (Lipinski definition) is 2. The summed E-state index contributed by atoms with van der Waals surface area (Å²) in [4.78, 5) is 23.4. The Balaban J connectivity index is 1.90. The highest BCUT2D eigenvalue weighted by Gasteiger charge is 2.19. The van der Waals surface area contributed by atoms with Gasteiger partial charge in [0.25, 0.3) is 5.91 Å². The molecule has 154 valence electrons. The number of hydrogen-bond acceptors (Lipinski definition) is 5. The lowest BCUT2D eigenvalue weighted by molar-refractivity contribution is -0.135. The first-order valence-corrected chi connectivity index (χ1v) is 9.58. The number of rotatable bonds is 6. The summed E-state index contributed by atoms with van der Waals surface area (Å²) in [7, 11) is 0. The molecule has 7 nitrogen and oxygen atoms in total. The zero-order valence-corrected chi connectivity index (χ0v) is 16.7. The maximum atomic E-state index is 12.6. The fraction of sp³-hybridized carbons (Fsp3) is 0.217. The molecule has 3 aromatic carbocycles. The number of amides is 1. The van der Waals surface area contributed by atoms with E-state index in [1.165, 1.54) is 0 Å². The molecule has 0 unspecified atom stereocenters. The van der Waals surface area contributed by atoms with Crippen LogP contribution in [0.5, 0.6) is 17.2 Å². The minimum Gasteiger partial charge on any atom is -0.494 e. The molecule has 1 amide bonds. The summed E-state index contributed by atoms with van der Waals surface area (Å²) in [6, 6.07) is 12.9. The Hall–Kier alpha value is -3.74. The molecule has 0 aromatic heterocycles. The third-order valence-electron chi connectivity index (χ3n) is 4.97. The summed E-state index contributed by atoms with van der Waals surface area (Å²) in [5.74, 6) is 0.533. The molecule has 7 heteroatoms. The number of aryl methyl sites for hydroxylation is 1. The van der Waals surface area contributed by atoms with Crippen molar-refractivity contribution in [1.29, 1.82) is 0 Å². The van der Waals surface area contributed by atoms with E-state index in [4.69, 9.17) is 19.3 Å². The third kappa shape index (κ3) is 3.61. The van der Waals surface area contributed by atoms with Crippen molar-refractivity contribution in [2.45, 2.75) is 13.8 Å². The average molecular weight is 407 g/mol. The molecule has 0 fully saturated rings. The van der Waals surface area contributed by atoms with Crippen LogP contribution < -0.4 is 19.5 Å². The van der Waals surface area contributed by atoms with Gasteiger partial charge in [-0.2, -0.15) is 0 Å². The zero-order valence-electron chi connectivity index (χ0n) is 16.7. The van der Waals surface area contributed by atoms with Crippen LogP contribution in [-0.4, -0.2) is 36.9 Å². The van der Waals surface area contributed by atoms with E-state index in [0.29, 0.717) is 23.7 Å². The van der Waals surface area contributed by atoms with E-state index in [9.17, 15) is 9.59 Å². The fourth-order valence-corrected chi connectivity index (χ4v) is 3.62. The number of benzene rings is 3. The van der Waals surface area contributed by atoms with Crippen LogP contribution in [0.2, 0.25) is 0 Å². The van der Waals surface area contributed by atoms with E-state index < -0.39 is 18.4 Å². The number of carboxylic acid groups (broad SMARTS) is 1. The third-order valence-corrected chi connectivity index (χ3v) is 4.97. The van der Waals surface area contributed by atoms with Crippen molar-refractivity contribution in [3.05, 3.63) is 53.6 Å². The van der Waals surface area contributed by atoms with E-state index in [-0.39, 0.29) is 6.79 Å². The van der Waals surface area contributed by atoms with Gasteiger partial charge < -0.3 is 24.6 Å². The lowest BCUT2D eigenvalue weighted by atomic mass is 9.92. The normalized spacial score (nSPS) is 12.1. The van der Waals surface area contributed by atoms with Crippen molar-refractivity contribution in [1.82, 2.24) is 5.32 Å². The molecule has 0 bridgehead atoms. The first kappa shape index (κ1) is 19.6. The second-order valence-corrected chi connectivity index (χ2v) is 6.89. The number of carbonyl (C=O) groups is 2. The van der Waals surface area contributed by atoms with E-state index in [2.05, 4.69) is 5.32 Å². The largest absolute Gasteiger partial charge is 0.494 e. The molecule has 30 heavy (non-hydrogen) atoms. The Bertz CT molecular complexity index is 1150. The SMILES string of the molecule is CCOc1ccc2cc(C(=O)NCC(=O)O)cc(-c3ccc4c(c3)OCO4)c2c1C. The topological polar surface area (TPSA) is 94.1 Å². The second-order valence-electron chi connectivity index (χ2n) is 6.89. The van der Waals surface area contributed by atoms with Gasteiger partial charge in [-0.1, -0.05) is 12.1 Å². The van der Waals surface area contributed by atoms with Crippen LogP contribution in [0.4, 0.5) is 0 Å². The van der Waals surface area contributed by atoms with Gasteiger partial charge in [0.05, 0.1) is 6.61 Å². The lowest BCUT2D eigenvalue weighted by Gasteiger charge is -2.16. The van der Waals surface area contributed by atoms with Crippen LogP contribution >= 0.6 is 0 Å². The monoisotopic (exact) mass is 407 g/mol. The molecular weight excluding hydrogens is 386 g/mol. The van der Waals surface area contributed by atoms with Crippen molar-refractivity contribution in [3.63, 3.8) is 0 Å². The minimum absolute atomic E-state index is 0.171. The molecule has 1 heterocycles. The van der Waals surface area contributed by atoms with E-state index in [0.717, 1.165) is 33.2 Å². The van der Waals surface area contributed by atoms with Crippen molar-refractivity contribution in [2.75, 3.05) is 19.9 Å². The lowest BCUT2D eigenvalue weighted by Crippen LogP contribution is -2.29. The predicted molar refractivity (Wildman–Crippen MR) is 111 cm³/mol. The Morgan fingerprint density at radius 3 is 2.67 bits per heavy atom. The summed E-state index contributed by atoms with van der Waals surface area (Å²) in [5, 5.41) is 13.1. The van der Waals surface area contributed by atoms with Gasteiger partial charge in [0.15, 0.2) is 11.5 Å². The van der Waals surface area contributed by atoms with E-state index in [1.807, 2.05) is 44.2 Å². The van der Waals surface area contributed by atoms with Crippen LogP contribution in [-0.2, 0) is 4.79 Å². The van der Waals surface area contributed by atoms with E-state index in [1.54, 1.807) is 12.1 Å². The molecule has 0 saturated carbocycles. The number of fused-ring (bicyclic) bond motifs is 2. The highest BCUT2D eigenvalue weighted by Crippen LogP contribution is 2.40. The van der Waals surface area contributed by atoms with Crippen LogP contribution in [0.1, 0.15) is 22.8 Å². The zero-order chi connectivity index (χ0) is 21.3. The maximum absolute atomic E-state index is 12.6. The average Bonchev–Trinajstić information content (AvgIpc) is 3.21. The van der Waals surface area contributed by atoms with Gasteiger partial charge in [-0.15, -0.1) is 0 Å². The predicted octanol–water partition coefficient (Wildman–Crippen LogP) is 3.76. The second kappa shape index (κ2) is 7.94. The molecule has 0 spiro atoms. The molecule has 1 aliphatic rings. The molecule has 3 aromatic rings. The first-order valence-electron chi connectivity index (χ1n) is 9.58. The van der Waals surface area contributed by atoms with Crippen LogP contribution in [0.15, 0.2) is 42.5 Å². The highest BCUT2D eigenvalue weighted by atomic mass is 16.7. The van der Waals surface area contributed by atoms with Crippen molar-refractivity contribution >= 4 is 22.6 Å². The summed E-state index contributed by atoms with van der Waals surface area (Å²) >= 11 is 0. The highest BCUT2D eigenvalue weighted by molar-refractivity contribution is 6.07. The number of ether oxygens (including phenoxy) is 3. The molecule has 0 atom stereocenters. The molecule has 0 saturated heterocycles. The molecule has 2 N–H and O–H groups in total. The molecule has 0 aliphatic carbocycles. The van der Waals surface area contributed by atoms with Crippen LogP contribution in [0.3, 0.4) is 0 Å². The summed E-state index contributed by atoms with van der Waals surface area (Å²) < 4.78 is 16.7. The Labute approximate surface area is 173 Å². The van der Waals surface area contributed by atoms with Gasteiger partial charge in [-0.3, -0.25) is 9.59 Å². The van der Waals surface area contributed by atoms with Crippen LogP contribution in [0, 0.1) is 6.92 Å². The number of aliphatic carboxylic acids is 1. The molecular formula is C23H21NO6. The van der Waals surface area contributed by atoms with Gasteiger partial charge >= 0.3 is 5.97 Å². The quantitative estimate of drug-likeness (QED) is 0.646. The Kier molecular flexibility index (Phi) is 5.18. The fourth-order valence-electron chi connectivity index (χ4n) is 3.62. The maximum Gasteiger partial charge on any atom is 0.322 e. The Morgan fingerprint density at radius 2 is 1.90 bits per heavy atom. The van der Waals surface area contributed by atoms with Gasteiger partial charge in [0.2, 0.25) is 6.79 Å². The van der Waals surface area contributed by atoms with Gasteiger partial charge in [0.1, 0.15) is 12.3 Å². The first-order chi connectivity index (χ1) is 14.5. The molecule has 0 radical (unpaired) electrons. The van der Waals surface area contributed by atoms with Gasteiger partial charge in [0, 0.05) is 5.56 Å². The minimum atomic E-state index is -1.10. The van der Waals surface area contributed by atoms with Gasteiger partial charge in [-0.25, -0.2) is 0 Å². The van der Waals surface area contributed by atoms with Crippen molar-refractivity contribution in [3.8, 4) is 28.4 Å². The summed E-state index contributed by atoms with van der Waals surface area (Å²) in [5.41, 5.74) is 3.01. The summed E-state index contributed by atoms with van der Waals surface area (Å²) in [6.07, 6.45) is 0. The molecule has 1 aliphatic heterocycles. The van der Waals surface area contributed by atoms with Crippen molar-refractivity contribution < 1.29 is 28.9 Å². The van der Waals surface area contributed by atoms with E-state index >= 15 is 0 Å². The smallest absolute Gasteiger partial charge is 0.322 e. The standard InChI is InChI=1S/C23H21NO6/c1-3-28-18-6-5-15-8-16(23(27)24-11-21(25)26)9-17(22(15)13(18)2)14-4-7-19-20(10-14)30-12-29-19/h4-10H,3,11-12H2,1-2H3,(H,24,27)(H,25,26). The van der Waals surface area contributed by atoms with Crippen LogP contribution in [0.25, 0.3) is 21.9 Å². The molecule has 4 rings (SSSR count).